The zero-order chi connectivity index (χ0) is 18.4. The molecular formula is C20H24N4O2S. The van der Waals surface area contributed by atoms with Gasteiger partial charge in [-0.2, -0.15) is 0 Å². The molecular weight excluding hydrogens is 360 g/mol. The summed E-state index contributed by atoms with van der Waals surface area (Å²) in [6.45, 7) is 3.00. The van der Waals surface area contributed by atoms with E-state index in [0.717, 1.165) is 30.3 Å². The molecule has 0 bridgehead atoms. The molecule has 2 unspecified atom stereocenters. The van der Waals surface area contributed by atoms with Crippen molar-refractivity contribution in [3.05, 3.63) is 54.0 Å². The van der Waals surface area contributed by atoms with Crippen molar-refractivity contribution in [2.45, 2.75) is 24.5 Å². The van der Waals surface area contributed by atoms with Gasteiger partial charge < -0.3 is 4.90 Å². The van der Waals surface area contributed by atoms with Gasteiger partial charge in [0, 0.05) is 38.3 Å². The quantitative estimate of drug-likeness (QED) is 0.791. The SMILES string of the molecule is O=S(=O)(Cc1ccccc1)N1CC2CN(c3ccnc(C4CC4)n3)CC2C1. The molecule has 2 saturated heterocycles. The lowest BCUT2D eigenvalue weighted by Crippen LogP contribution is -2.34. The lowest BCUT2D eigenvalue weighted by molar-refractivity contribution is 0.452. The number of hydrogen-bond donors (Lipinski definition) is 0. The van der Waals surface area contributed by atoms with E-state index in [-0.39, 0.29) is 5.75 Å². The minimum atomic E-state index is -3.26. The Hall–Kier alpha value is -1.99. The van der Waals surface area contributed by atoms with Crippen LogP contribution in [0.5, 0.6) is 0 Å². The molecule has 1 aromatic carbocycles. The van der Waals surface area contributed by atoms with Gasteiger partial charge in [-0.3, -0.25) is 0 Å². The van der Waals surface area contributed by atoms with E-state index >= 15 is 0 Å². The summed E-state index contributed by atoms with van der Waals surface area (Å²) >= 11 is 0. The molecule has 2 atom stereocenters. The predicted molar refractivity (Wildman–Crippen MR) is 104 cm³/mol. The maximum absolute atomic E-state index is 12.8. The summed E-state index contributed by atoms with van der Waals surface area (Å²) in [5, 5.41) is 0. The second-order valence-corrected chi connectivity index (χ2v) is 10.0. The van der Waals surface area contributed by atoms with Crippen LogP contribution < -0.4 is 4.90 Å². The fourth-order valence-corrected chi connectivity index (χ4v) is 5.95. The van der Waals surface area contributed by atoms with E-state index < -0.39 is 10.0 Å². The monoisotopic (exact) mass is 384 g/mol. The molecule has 27 heavy (non-hydrogen) atoms. The summed E-state index contributed by atoms with van der Waals surface area (Å²) in [7, 11) is -3.26. The molecule has 0 radical (unpaired) electrons. The van der Waals surface area contributed by atoms with Gasteiger partial charge in [-0.1, -0.05) is 30.3 Å². The average Bonchev–Trinajstić information content (AvgIpc) is 3.31. The number of benzene rings is 1. The predicted octanol–water partition coefficient (Wildman–Crippen LogP) is 2.25. The van der Waals surface area contributed by atoms with Gasteiger partial charge in [0.25, 0.3) is 0 Å². The molecule has 0 spiro atoms. The summed E-state index contributed by atoms with van der Waals surface area (Å²) in [5.41, 5.74) is 0.852. The Morgan fingerprint density at radius 1 is 0.963 bits per heavy atom. The Labute approximate surface area is 160 Å². The van der Waals surface area contributed by atoms with Crippen LogP contribution in [-0.2, 0) is 15.8 Å². The van der Waals surface area contributed by atoms with E-state index in [9.17, 15) is 8.42 Å². The Morgan fingerprint density at radius 2 is 1.67 bits per heavy atom. The lowest BCUT2D eigenvalue weighted by atomic mass is 10.0. The summed E-state index contributed by atoms with van der Waals surface area (Å²) in [4.78, 5) is 11.5. The molecule has 2 aromatic rings. The van der Waals surface area contributed by atoms with Gasteiger partial charge in [-0.15, -0.1) is 0 Å². The van der Waals surface area contributed by atoms with E-state index in [1.165, 1.54) is 12.8 Å². The number of hydrogen-bond acceptors (Lipinski definition) is 5. The van der Waals surface area contributed by atoms with Crippen molar-refractivity contribution in [2.24, 2.45) is 11.8 Å². The Balaban J connectivity index is 1.25. The third kappa shape index (κ3) is 3.46. The van der Waals surface area contributed by atoms with Crippen LogP contribution in [0.25, 0.3) is 0 Å². The van der Waals surface area contributed by atoms with Gasteiger partial charge in [0.2, 0.25) is 10.0 Å². The van der Waals surface area contributed by atoms with Crippen LogP contribution in [0.3, 0.4) is 0 Å². The van der Waals surface area contributed by atoms with Gasteiger partial charge in [0.15, 0.2) is 0 Å². The van der Waals surface area contributed by atoms with Crippen LogP contribution in [0.4, 0.5) is 5.82 Å². The van der Waals surface area contributed by atoms with Crippen molar-refractivity contribution in [1.29, 1.82) is 0 Å². The number of sulfonamides is 1. The van der Waals surface area contributed by atoms with E-state index in [1.54, 1.807) is 4.31 Å². The number of fused-ring (bicyclic) bond motifs is 1. The molecule has 2 aliphatic heterocycles. The highest BCUT2D eigenvalue weighted by molar-refractivity contribution is 7.88. The molecule has 3 aliphatic rings. The Morgan fingerprint density at radius 3 is 2.33 bits per heavy atom. The largest absolute Gasteiger partial charge is 0.356 e. The number of nitrogens with zero attached hydrogens (tertiary/aromatic N) is 4. The topological polar surface area (TPSA) is 66.4 Å². The van der Waals surface area contributed by atoms with Crippen LogP contribution in [-0.4, -0.2) is 48.9 Å². The van der Waals surface area contributed by atoms with Gasteiger partial charge in [0.1, 0.15) is 11.6 Å². The summed E-state index contributed by atoms with van der Waals surface area (Å²) in [6.07, 6.45) is 4.26. The normalized spacial score (nSPS) is 25.7. The molecule has 5 rings (SSSR count). The number of anilines is 1. The average molecular weight is 385 g/mol. The van der Waals surface area contributed by atoms with Gasteiger partial charge in [0.05, 0.1) is 5.75 Å². The molecule has 1 aliphatic carbocycles. The van der Waals surface area contributed by atoms with Crippen LogP contribution in [0.15, 0.2) is 42.6 Å². The van der Waals surface area contributed by atoms with E-state index in [2.05, 4.69) is 9.88 Å². The van der Waals surface area contributed by atoms with E-state index in [4.69, 9.17) is 4.98 Å². The maximum atomic E-state index is 12.8. The highest BCUT2D eigenvalue weighted by atomic mass is 32.2. The summed E-state index contributed by atoms with van der Waals surface area (Å²) in [6, 6.07) is 11.4. The van der Waals surface area contributed by atoms with Crippen molar-refractivity contribution in [1.82, 2.24) is 14.3 Å². The van der Waals surface area contributed by atoms with Gasteiger partial charge in [-0.05, 0) is 36.3 Å². The minimum Gasteiger partial charge on any atom is -0.356 e. The van der Waals surface area contributed by atoms with E-state index in [0.29, 0.717) is 30.8 Å². The molecule has 7 heteroatoms. The standard InChI is InChI=1S/C20H24N4O2S/c25-27(26,14-15-4-2-1-3-5-15)24-12-17-10-23(11-18(17)13-24)19-8-9-21-20(22-19)16-6-7-16/h1-5,8-9,16-18H,6-7,10-14H2. The fraction of sp³-hybridized carbons (Fsp3) is 0.500. The van der Waals surface area contributed by atoms with Crippen LogP contribution in [0, 0.1) is 11.8 Å². The molecule has 1 saturated carbocycles. The molecule has 0 N–H and O–H groups in total. The second kappa shape index (κ2) is 6.56. The van der Waals surface area contributed by atoms with Crippen LogP contribution >= 0.6 is 0 Å². The zero-order valence-corrected chi connectivity index (χ0v) is 16.1. The Kier molecular flexibility index (Phi) is 4.16. The molecule has 0 amide bonds. The first-order valence-electron chi connectivity index (χ1n) is 9.68. The fourth-order valence-electron chi connectivity index (χ4n) is 4.32. The maximum Gasteiger partial charge on any atom is 0.218 e. The number of aromatic nitrogens is 2. The van der Waals surface area contributed by atoms with Gasteiger partial charge >= 0.3 is 0 Å². The first-order chi connectivity index (χ1) is 13.1. The second-order valence-electron chi connectivity index (χ2n) is 8.03. The first kappa shape index (κ1) is 17.1. The lowest BCUT2D eigenvalue weighted by Gasteiger charge is -2.22. The molecule has 3 fully saturated rings. The first-order valence-corrected chi connectivity index (χ1v) is 11.3. The minimum absolute atomic E-state index is 0.0909. The van der Waals surface area contributed by atoms with Crippen LogP contribution in [0.1, 0.15) is 30.1 Å². The van der Waals surface area contributed by atoms with Crippen molar-refractivity contribution >= 4 is 15.8 Å². The summed E-state index contributed by atoms with van der Waals surface area (Å²) in [5.74, 6) is 3.38. The van der Waals surface area contributed by atoms with Crippen LogP contribution in [0.2, 0.25) is 0 Å². The number of rotatable bonds is 5. The van der Waals surface area contributed by atoms with E-state index in [1.807, 2.05) is 42.6 Å². The highest BCUT2D eigenvalue weighted by Crippen LogP contribution is 2.39. The third-order valence-corrected chi connectivity index (χ3v) is 7.75. The highest BCUT2D eigenvalue weighted by Gasteiger charge is 2.44. The Bertz CT molecular complexity index is 916. The van der Waals surface area contributed by atoms with Gasteiger partial charge in [-0.25, -0.2) is 22.7 Å². The third-order valence-electron chi connectivity index (χ3n) is 5.96. The molecule has 1 aromatic heterocycles. The van der Waals surface area contributed by atoms with Crippen molar-refractivity contribution in [3.8, 4) is 0 Å². The van der Waals surface area contributed by atoms with Crippen molar-refractivity contribution < 1.29 is 8.42 Å². The van der Waals surface area contributed by atoms with Crippen molar-refractivity contribution in [2.75, 3.05) is 31.1 Å². The smallest absolute Gasteiger partial charge is 0.218 e. The molecule has 142 valence electrons. The molecule has 3 heterocycles. The molecule has 6 nitrogen and oxygen atoms in total. The zero-order valence-electron chi connectivity index (χ0n) is 15.2. The van der Waals surface area contributed by atoms with Crippen molar-refractivity contribution in [3.63, 3.8) is 0 Å². The summed E-state index contributed by atoms with van der Waals surface area (Å²) < 4.78 is 27.3.